The van der Waals surface area contributed by atoms with E-state index in [1.165, 1.54) is 12.1 Å². The van der Waals surface area contributed by atoms with Gasteiger partial charge in [-0.1, -0.05) is 55.8 Å². The maximum absolute atomic E-state index is 13.7. The van der Waals surface area contributed by atoms with Gasteiger partial charge in [0.15, 0.2) is 0 Å². The molecule has 1 aliphatic carbocycles. The van der Waals surface area contributed by atoms with Crippen LogP contribution in [0.1, 0.15) is 50.0 Å². The molecule has 1 heterocycles. The molecule has 0 saturated heterocycles. The minimum absolute atomic E-state index is 0.000730. The SMILES string of the molecule is CCC(c1nc2ccccc2c(=O)n1-c1ccc(F)cc1)N(Cc1ccccc1)C(=O)C1CCC1. The van der Waals surface area contributed by atoms with Crippen molar-refractivity contribution in [2.75, 3.05) is 0 Å². The molecular formula is C29H28FN3O2. The number of hydrogen-bond acceptors (Lipinski definition) is 3. The topological polar surface area (TPSA) is 55.2 Å². The van der Waals surface area contributed by atoms with Gasteiger partial charge in [0.25, 0.3) is 5.56 Å². The summed E-state index contributed by atoms with van der Waals surface area (Å²) in [5.41, 5.74) is 1.90. The Morgan fingerprint density at radius 1 is 1.03 bits per heavy atom. The summed E-state index contributed by atoms with van der Waals surface area (Å²) in [6.45, 7) is 2.44. The summed E-state index contributed by atoms with van der Waals surface area (Å²) in [4.78, 5) is 34.3. The second kappa shape index (κ2) is 9.82. The van der Waals surface area contributed by atoms with Gasteiger partial charge in [0.1, 0.15) is 11.6 Å². The summed E-state index contributed by atoms with van der Waals surface area (Å²) in [6.07, 6.45) is 3.41. The highest BCUT2D eigenvalue weighted by Gasteiger charge is 2.35. The zero-order valence-corrected chi connectivity index (χ0v) is 19.7. The van der Waals surface area contributed by atoms with Crippen molar-refractivity contribution in [1.82, 2.24) is 14.5 Å². The second-order valence-corrected chi connectivity index (χ2v) is 9.11. The Balaban J connectivity index is 1.70. The van der Waals surface area contributed by atoms with Crippen molar-refractivity contribution in [3.8, 4) is 5.69 Å². The van der Waals surface area contributed by atoms with E-state index in [1.54, 1.807) is 28.8 Å². The van der Waals surface area contributed by atoms with Gasteiger partial charge in [-0.3, -0.25) is 14.2 Å². The van der Waals surface area contributed by atoms with E-state index >= 15 is 0 Å². The Kier molecular flexibility index (Phi) is 6.45. The average molecular weight is 470 g/mol. The van der Waals surface area contributed by atoms with E-state index < -0.39 is 6.04 Å². The first-order valence-corrected chi connectivity index (χ1v) is 12.2. The van der Waals surface area contributed by atoms with Gasteiger partial charge in [0.2, 0.25) is 5.91 Å². The highest BCUT2D eigenvalue weighted by Crippen LogP contribution is 2.34. The molecule has 1 amide bonds. The Hall–Kier alpha value is -3.80. The Labute approximate surface area is 203 Å². The van der Waals surface area contributed by atoms with Gasteiger partial charge in [-0.15, -0.1) is 0 Å². The first kappa shape index (κ1) is 23.0. The van der Waals surface area contributed by atoms with Gasteiger partial charge in [-0.05, 0) is 61.2 Å². The van der Waals surface area contributed by atoms with Crippen molar-refractivity contribution >= 4 is 16.8 Å². The van der Waals surface area contributed by atoms with E-state index in [2.05, 4.69) is 0 Å². The van der Waals surface area contributed by atoms with Crippen LogP contribution in [0.2, 0.25) is 0 Å². The third-order valence-electron chi connectivity index (χ3n) is 6.88. The van der Waals surface area contributed by atoms with Gasteiger partial charge in [0.05, 0.1) is 22.6 Å². The van der Waals surface area contributed by atoms with Crippen LogP contribution in [-0.2, 0) is 11.3 Å². The van der Waals surface area contributed by atoms with Crippen molar-refractivity contribution in [3.63, 3.8) is 0 Å². The molecule has 1 unspecified atom stereocenters. The van der Waals surface area contributed by atoms with Crippen LogP contribution in [0.4, 0.5) is 4.39 Å². The predicted octanol–water partition coefficient (Wildman–Crippen LogP) is 5.80. The lowest BCUT2D eigenvalue weighted by atomic mass is 9.83. The number of fused-ring (bicyclic) bond motifs is 1. The van der Waals surface area contributed by atoms with Gasteiger partial charge in [-0.2, -0.15) is 0 Å². The van der Waals surface area contributed by atoms with Gasteiger partial charge in [-0.25, -0.2) is 9.37 Å². The quantitative estimate of drug-likeness (QED) is 0.343. The lowest BCUT2D eigenvalue weighted by Gasteiger charge is -2.37. The van der Waals surface area contributed by atoms with Crippen LogP contribution in [0.3, 0.4) is 0 Å². The van der Waals surface area contributed by atoms with Gasteiger partial charge >= 0.3 is 0 Å². The normalized spacial score (nSPS) is 14.5. The zero-order valence-electron chi connectivity index (χ0n) is 19.7. The van der Waals surface area contributed by atoms with Crippen LogP contribution in [0.15, 0.2) is 83.7 Å². The van der Waals surface area contributed by atoms with Crippen molar-refractivity contribution in [1.29, 1.82) is 0 Å². The minimum Gasteiger partial charge on any atom is -0.328 e. The lowest BCUT2D eigenvalue weighted by Crippen LogP contribution is -2.42. The molecule has 1 saturated carbocycles. The van der Waals surface area contributed by atoms with Crippen LogP contribution in [-0.4, -0.2) is 20.4 Å². The lowest BCUT2D eigenvalue weighted by molar-refractivity contribution is -0.142. The monoisotopic (exact) mass is 469 g/mol. The molecule has 0 radical (unpaired) electrons. The molecule has 0 spiro atoms. The number of nitrogens with zero attached hydrogens (tertiary/aromatic N) is 3. The summed E-state index contributed by atoms with van der Waals surface area (Å²) in [6, 6.07) is 22.5. The summed E-state index contributed by atoms with van der Waals surface area (Å²) >= 11 is 0. The van der Waals surface area contributed by atoms with Crippen LogP contribution in [0.5, 0.6) is 0 Å². The summed E-state index contributed by atoms with van der Waals surface area (Å²) in [5.74, 6) is 0.209. The molecule has 0 N–H and O–H groups in total. The van der Waals surface area contributed by atoms with E-state index in [0.29, 0.717) is 35.4 Å². The first-order valence-electron chi connectivity index (χ1n) is 12.2. The van der Waals surface area contributed by atoms with E-state index in [9.17, 15) is 14.0 Å². The smallest absolute Gasteiger partial charge is 0.266 e. The van der Waals surface area contributed by atoms with Crippen molar-refractivity contribution < 1.29 is 9.18 Å². The molecule has 1 fully saturated rings. The molecular weight excluding hydrogens is 441 g/mol. The molecule has 4 aromatic rings. The number of amides is 1. The number of para-hydroxylation sites is 1. The van der Waals surface area contributed by atoms with E-state index in [0.717, 1.165) is 24.8 Å². The highest BCUT2D eigenvalue weighted by atomic mass is 19.1. The number of halogens is 1. The van der Waals surface area contributed by atoms with Crippen LogP contribution < -0.4 is 5.56 Å². The number of carbonyl (C=O) groups excluding carboxylic acids is 1. The zero-order chi connectivity index (χ0) is 24.4. The Morgan fingerprint density at radius 2 is 1.71 bits per heavy atom. The first-order chi connectivity index (χ1) is 17.1. The molecule has 1 aromatic heterocycles. The van der Waals surface area contributed by atoms with E-state index in [-0.39, 0.29) is 23.2 Å². The summed E-state index contributed by atoms with van der Waals surface area (Å²) in [5, 5.41) is 0.482. The molecule has 0 aliphatic heterocycles. The number of carbonyl (C=O) groups is 1. The van der Waals surface area contributed by atoms with Gasteiger partial charge < -0.3 is 4.90 Å². The number of aromatic nitrogens is 2. The van der Waals surface area contributed by atoms with Crippen LogP contribution >= 0.6 is 0 Å². The highest BCUT2D eigenvalue weighted by molar-refractivity contribution is 5.81. The van der Waals surface area contributed by atoms with Crippen molar-refractivity contribution in [3.05, 3.63) is 106 Å². The van der Waals surface area contributed by atoms with Gasteiger partial charge in [0, 0.05) is 12.5 Å². The van der Waals surface area contributed by atoms with E-state index in [4.69, 9.17) is 4.98 Å². The fraction of sp³-hybridized carbons (Fsp3) is 0.276. The van der Waals surface area contributed by atoms with E-state index in [1.807, 2.05) is 54.3 Å². The summed E-state index contributed by atoms with van der Waals surface area (Å²) < 4.78 is 15.3. The fourth-order valence-electron chi connectivity index (χ4n) is 4.77. The fourth-order valence-corrected chi connectivity index (χ4v) is 4.77. The molecule has 35 heavy (non-hydrogen) atoms. The molecule has 1 atom stereocenters. The maximum Gasteiger partial charge on any atom is 0.266 e. The average Bonchev–Trinajstić information content (AvgIpc) is 2.84. The third kappa shape index (κ3) is 4.48. The predicted molar refractivity (Wildman–Crippen MR) is 135 cm³/mol. The standard InChI is InChI=1S/C29H28FN3O2/c1-2-26(32(28(34)21-11-8-12-21)19-20-9-4-3-5-10-20)27-31-25-14-7-6-13-24(25)29(35)33(27)23-17-15-22(30)16-18-23/h3-7,9-10,13-18,21,26H,2,8,11-12,19H2,1H3. The van der Waals surface area contributed by atoms with Crippen molar-refractivity contribution in [2.45, 2.75) is 45.2 Å². The largest absolute Gasteiger partial charge is 0.328 e. The molecule has 178 valence electrons. The molecule has 0 bridgehead atoms. The Morgan fingerprint density at radius 3 is 2.37 bits per heavy atom. The number of hydrogen-bond donors (Lipinski definition) is 0. The second-order valence-electron chi connectivity index (χ2n) is 9.11. The maximum atomic E-state index is 13.7. The summed E-state index contributed by atoms with van der Waals surface area (Å²) in [7, 11) is 0. The number of benzene rings is 3. The third-order valence-corrected chi connectivity index (χ3v) is 6.88. The minimum atomic E-state index is -0.425. The molecule has 5 rings (SSSR count). The molecule has 5 nitrogen and oxygen atoms in total. The Bertz CT molecular complexity index is 1400. The van der Waals surface area contributed by atoms with Crippen molar-refractivity contribution in [2.24, 2.45) is 5.92 Å². The molecule has 3 aromatic carbocycles. The van der Waals surface area contributed by atoms with Crippen LogP contribution in [0.25, 0.3) is 16.6 Å². The number of rotatable bonds is 7. The van der Waals surface area contributed by atoms with Crippen LogP contribution in [0, 0.1) is 11.7 Å². The molecule has 6 heteroatoms. The molecule has 1 aliphatic rings.